The fourth-order valence-electron chi connectivity index (χ4n) is 4.72. The molecule has 3 atom stereocenters. The molecule has 0 spiro atoms. The number of nitrogens with zero attached hydrogens (tertiary/aromatic N) is 3. The number of amides is 1. The van der Waals surface area contributed by atoms with Crippen molar-refractivity contribution in [1.29, 1.82) is 0 Å². The first-order chi connectivity index (χ1) is 12.7. The van der Waals surface area contributed by atoms with Gasteiger partial charge >= 0.3 is 0 Å². The summed E-state index contributed by atoms with van der Waals surface area (Å²) in [6.45, 7) is 2.71. The number of hydrogen-bond donors (Lipinski definition) is 0. The van der Waals surface area contributed by atoms with E-state index in [0.29, 0.717) is 30.3 Å². The predicted octanol–water partition coefficient (Wildman–Crippen LogP) is 3.53. The van der Waals surface area contributed by atoms with Gasteiger partial charge < -0.3 is 14.2 Å². The van der Waals surface area contributed by atoms with Gasteiger partial charge in [-0.15, -0.1) is 0 Å². The summed E-state index contributed by atoms with van der Waals surface area (Å²) >= 11 is 0. The lowest BCUT2D eigenvalue weighted by Gasteiger charge is -2.39. The standard InChI is InChI=1S/C21H27N3O2/c1-15-22-10-12-23(15)11-9-21(25)24-18-5-6-19(24)14-17(13-18)16-3-7-20(26-2)8-4-16/h3-4,7-8,10,12,17-19H,5-6,9,11,13-14H2,1-2H3/t17?,18-,19+. The molecule has 1 aromatic carbocycles. The molecule has 4 rings (SSSR count). The highest BCUT2D eigenvalue weighted by Crippen LogP contribution is 2.43. The van der Waals surface area contributed by atoms with E-state index in [1.165, 1.54) is 5.56 Å². The Bertz CT molecular complexity index is 754. The summed E-state index contributed by atoms with van der Waals surface area (Å²) in [5.41, 5.74) is 1.38. The molecule has 26 heavy (non-hydrogen) atoms. The van der Waals surface area contributed by atoms with Crippen LogP contribution in [-0.4, -0.2) is 39.6 Å². The van der Waals surface area contributed by atoms with Crippen molar-refractivity contribution in [3.63, 3.8) is 0 Å². The van der Waals surface area contributed by atoms with Crippen molar-refractivity contribution < 1.29 is 9.53 Å². The normalized spacial score (nSPS) is 24.7. The largest absolute Gasteiger partial charge is 0.497 e. The van der Waals surface area contributed by atoms with Gasteiger partial charge in [0, 0.05) is 37.4 Å². The second-order valence-electron chi connectivity index (χ2n) is 7.55. The zero-order valence-corrected chi connectivity index (χ0v) is 15.6. The molecule has 2 aliphatic rings. The minimum absolute atomic E-state index is 0.304. The topological polar surface area (TPSA) is 47.4 Å². The first-order valence-corrected chi connectivity index (χ1v) is 9.58. The number of carbonyl (C=O) groups excluding carboxylic acids is 1. The highest BCUT2D eigenvalue weighted by atomic mass is 16.5. The van der Waals surface area contributed by atoms with Crippen molar-refractivity contribution in [2.45, 2.75) is 63.6 Å². The summed E-state index contributed by atoms with van der Waals surface area (Å²) in [4.78, 5) is 19.3. The maximum absolute atomic E-state index is 12.9. The van der Waals surface area contributed by atoms with E-state index in [-0.39, 0.29) is 0 Å². The van der Waals surface area contributed by atoms with Crippen LogP contribution in [0.1, 0.15) is 49.4 Å². The van der Waals surface area contributed by atoms with Gasteiger partial charge in [-0.1, -0.05) is 12.1 Å². The zero-order valence-electron chi connectivity index (χ0n) is 15.6. The summed E-state index contributed by atoms with van der Waals surface area (Å²) in [6, 6.07) is 9.25. The second-order valence-corrected chi connectivity index (χ2v) is 7.55. The van der Waals surface area contributed by atoms with E-state index in [0.717, 1.165) is 43.8 Å². The van der Waals surface area contributed by atoms with Gasteiger partial charge in [0.2, 0.25) is 5.91 Å². The fourth-order valence-corrected chi connectivity index (χ4v) is 4.72. The SMILES string of the molecule is COc1ccc(C2C[C@H]3CC[C@@H](C2)N3C(=O)CCn2ccnc2C)cc1. The number of hydrogen-bond acceptors (Lipinski definition) is 3. The van der Waals surface area contributed by atoms with Crippen molar-refractivity contribution in [2.75, 3.05) is 7.11 Å². The van der Waals surface area contributed by atoms with E-state index < -0.39 is 0 Å². The van der Waals surface area contributed by atoms with Crippen LogP contribution in [0.3, 0.4) is 0 Å². The molecule has 2 aromatic rings. The van der Waals surface area contributed by atoms with Crippen LogP contribution in [0.5, 0.6) is 5.75 Å². The number of aryl methyl sites for hydroxylation is 2. The Morgan fingerprint density at radius 1 is 1.19 bits per heavy atom. The molecule has 5 nitrogen and oxygen atoms in total. The highest BCUT2D eigenvalue weighted by Gasteiger charge is 2.43. The van der Waals surface area contributed by atoms with Crippen molar-refractivity contribution in [1.82, 2.24) is 14.5 Å². The molecular weight excluding hydrogens is 326 g/mol. The van der Waals surface area contributed by atoms with Crippen LogP contribution in [0.4, 0.5) is 0 Å². The number of rotatable bonds is 5. The lowest BCUT2D eigenvalue weighted by Crippen LogP contribution is -2.46. The molecule has 5 heteroatoms. The minimum Gasteiger partial charge on any atom is -0.497 e. The molecule has 1 unspecified atom stereocenters. The molecule has 2 aliphatic heterocycles. The van der Waals surface area contributed by atoms with Gasteiger partial charge in [0.25, 0.3) is 0 Å². The van der Waals surface area contributed by atoms with Crippen LogP contribution in [-0.2, 0) is 11.3 Å². The highest BCUT2D eigenvalue weighted by molar-refractivity contribution is 5.77. The van der Waals surface area contributed by atoms with Gasteiger partial charge in [0.15, 0.2) is 0 Å². The molecule has 0 radical (unpaired) electrons. The molecular formula is C21H27N3O2. The molecule has 0 aliphatic carbocycles. The Labute approximate surface area is 155 Å². The van der Waals surface area contributed by atoms with E-state index in [1.807, 2.05) is 25.3 Å². The lowest BCUT2D eigenvalue weighted by atomic mass is 9.85. The Morgan fingerprint density at radius 3 is 2.46 bits per heavy atom. The van der Waals surface area contributed by atoms with Crippen molar-refractivity contribution >= 4 is 5.91 Å². The number of piperidine rings is 1. The van der Waals surface area contributed by atoms with Gasteiger partial charge in [-0.25, -0.2) is 4.98 Å². The maximum atomic E-state index is 12.9. The van der Waals surface area contributed by atoms with Crippen LogP contribution < -0.4 is 4.74 Å². The number of carbonyl (C=O) groups is 1. The minimum atomic E-state index is 0.304. The van der Waals surface area contributed by atoms with Crippen LogP contribution in [0.25, 0.3) is 0 Å². The molecule has 0 N–H and O–H groups in total. The number of fused-ring (bicyclic) bond motifs is 2. The van der Waals surface area contributed by atoms with Crippen LogP contribution in [0.15, 0.2) is 36.7 Å². The van der Waals surface area contributed by atoms with E-state index in [9.17, 15) is 4.79 Å². The van der Waals surface area contributed by atoms with Gasteiger partial charge in [-0.2, -0.15) is 0 Å². The molecule has 2 bridgehead atoms. The van der Waals surface area contributed by atoms with Crippen molar-refractivity contribution in [3.05, 3.63) is 48.0 Å². The smallest absolute Gasteiger partial charge is 0.224 e. The summed E-state index contributed by atoms with van der Waals surface area (Å²) < 4.78 is 7.33. The molecule has 3 heterocycles. The van der Waals surface area contributed by atoms with E-state index in [2.05, 4.69) is 26.6 Å². The Morgan fingerprint density at radius 2 is 1.88 bits per heavy atom. The summed E-state index contributed by atoms with van der Waals surface area (Å²) in [5.74, 6) is 2.73. The molecule has 0 saturated carbocycles. The maximum Gasteiger partial charge on any atom is 0.224 e. The Kier molecular flexibility index (Phi) is 4.70. The van der Waals surface area contributed by atoms with Gasteiger partial charge in [0.1, 0.15) is 11.6 Å². The van der Waals surface area contributed by atoms with Gasteiger partial charge in [-0.3, -0.25) is 4.79 Å². The first-order valence-electron chi connectivity index (χ1n) is 9.58. The zero-order chi connectivity index (χ0) is 18.1. The van der Waals surface area contributed by atoms with Crippen LogP contribution in [0, 0.1) is 6.92 Å². The van der Waals surface area contributed by atoms with Gasteiger partial charge in [0.05, 0.1) is 7.11 Å². The van der Waals surface area contributed by atoms with E-state index in [4.69, 9.17) is 4.74 Å². The quantitative estimate of drug-likeness (QED) is 0.826. The molecule has 2 fully saturated rings. The third kappa shape index (κ3) is 3.22. The van der Waals surface area contributed by atoms with Crippen molar-refractivity contribution in [3.8, 4) is 5.75 Å². The van der Waals surface area contributed by atoms with E-state index >= 15 is 0 Å². The third-order valence-corrected chi connectivity index (χ3v) is 6.10. The van der Waals surface area contributed by atoms with E-state index in [1.54, 1.807) is 13.3 Å². The third-order valence-electron chi connectivity index (χ3n) is 6.10. The number of ether oxygens (including phenoxy) is 1. The molecule has 138 valence electrons. The molecule has 1 aromatic heterocycles. The fraction of sp³-hybridized carbons (Fsp3) is 0.524. The summed E-state index contributed by atoms with van der Waals surface area (Å²) in [7, 11) is 1.70. The van der Waals surface area contributed by atoms with Crippen molar-refractivity contribution in [2.24, 2.45) is 0 Å². The Hall–Kier alpha value is -2.30. The van der Waals surface area contributed by atoms with Crippen LogP contribution >= 0.6 is 0 Å². The first kappa shape index (κ1) is 17.1. The number of imidazole rings is 1. The lowest BCUT2D eigenvalue weighted by molar-refractivity contribution is -0.136. The van der Waals surface area contributed by atoms with Crippen LogP contribution in [0.2, 0.25) is 0 Å². The van der Waals surface area contributed by atoms with Gasteiger partial charge in [-0.05, 0) is 56.2 Å². The number of benzene rings is 1. The average molecular weight is 353 g/mol. The number of aromatic nitrogens is 2. The summed E-state index contributed by atoms with van der Waals surface area (Å²) in [6.07, 6.45) is 8.77. The average Bonchev–Trinajstić information content (AvgIpc) is 3.19. The summed E-state index contributed by atoms with van der Waals surface area (Å²) in [5, 5.41) is 0. The monoisotopic (exact) mass is 353 g/mol. The molecule has 1 amide bonds. The number of methoxy groups -OCH3 is 1. The second kappa shape index (κ2) is 7.14. The Balaban J connectivity index is 1.40. The molecule has 2 saturated heterocycles. The predicted molar refractivity (Wildman–Crippen MR) is 100 cm³/mol.